The molecule has 0 fully saturated rings. The van der Waals surface area contributed by atoms with E-state index in [1.807, 2.05) is 0 Å². The second kappa shape index (κ2) is 42.4. The van der Waals surface area contributed by atoms with E-state index < -0.39 is 0 Å². The predicted molar refractivity (Wildman–Crippen MR) is 178 cm³/mol. The number of rotatable bonds is 33. The van der Waals surface area contributed by atoms with Crippen LogP contribution in [-0.2, 0) is 4.74 Å². The van der Waals surface area contributed by atoms with E-state index in [0.717, 1.165) is 13.0 Å². The van der Waals surface area contributed by atoms with Crippen LogP contribution in [0.1, 0.15) is 220 Å². The number of hydrogen-bond donors (Lipinski definition) is 1. The Bertz CT molecular complexity index is 336. The predicted octanol–water partition coefficient (Wildman–Crippen LogP) is 13.1. The van der Waals surface area contributed by atoms with Gasteiger partial charge in [-0.3, -0.25) is 0 Å². The molecule has 2 heteroatoms. The summed E-state index contributed by atoms with van der Waals surface area (Å²) in [6, 6.07) is 0. The van der Waals surface area contributed by atoms with Crippen molar-refractivity contribution in [2.24, 2.45) is 0 Å². The van der Waals surface area contributed by atoms with Crippen molar-refractivity contribution in [3.63, 3.8) is 0 Å². The lowest BCUT2D eigenvalue weighted by molar-refractivity contribution is 0.0895. The summed E-state index contributed by atoms with van der Waals surface area (Å²) in [4.78, 5) is 0. The second-order valence-corrected chi connectivity index (χ2v) is 12.2. The van der Waals surface area contributed by atoms with Crippen LogP contribution in [0.2, 0.25) is 0 Å². The van der Waals surface area contributed by atoms with Gasteiger partial charge in [-0.05, 0) is 6.42 Å². The fourth-order valence-corrected chi connectivity index (χ4v) is 5.36. The molecule has 0 saturated carbocycles. The lowest BCUT2D eigenvalue weighted by Gasteiger charge is -2.04. The average molecular weight is 555 g/mol. The quantitative estimate of drug-likeness (QED) is 0.0817. The maximum absolute atomic E-state index is 8.50. The van der Waals surface area contributed by atoms with Gasteiger partial charge in [0.2, 0.25) is 0 Å². The Morgan fingerprint density at radius 2 is 0.487 bits per heavy atom. The zero-order valence-electron chi connectivity index (χ0n) is 27.9. The van der Waals surface area contributed by atoms with Gasteiger partial charge in [0.15, 0.2) is 0 Å². The van der Waals surface area contributed by atoms with E-state index in [9.17, 15) is 0 Å². The Balaban J connectivity index is 0. The number of unbranched alkanes of at least 4 members (excludes halogenated alkanes) is 29. The molecule has 0 atom stereocenters. The second-order valence-electron chi connectivity index (χ2n) is 12.2. The molecule has 0 saturated heterocycles. The molecule has 1 N–H and O–H groups in total. The van der Waals surface area contributed by atoms with Gasteiger partial charge in [0.05, 0.1) is 13.2 Å². The van der Waals surface area contributed by atoms with Crippen molar-refractivity contribution in [2.45, 2.75) is 220 Å². The molecule has 39 heavy (non-hydrogen) atoms. The van der Waals surface area contributed by atoms with Crippen molar-refractivity contribution in [3.05, 3.63) is 0 Å². The molecule has 0 aliphatic rings. The Hall–Kier alpha value is -0.0800. The third-order valence-corrected chi connectivity index (χ3v) is 8.08. The summed E-state index contributed by atoms with van der Waals surface area (Å²) in [6.45, 7) is 8.33. The van der Waals surface area contributed by atoms with Crippen molar-refractivity contribution in [2.75, 3.05) is 19.8 Å². The van der Waals surface area contributed by atoms with E-state index in [2.05, 4.69) is 20.8 Å². The number of hydrogen-bond acceptors (Lipinski definition) is 2. The van der Waals surface area contributed by atoms with Crippen LogP contribution in [-0.4, -0.2) is 24.9 Å². The molecule has 0 aromatic carbocycles. The summed E-state index contributed by atoms with van der Waals surface area (Å²) in [5.41, 5.74) is 0. The molecule has 0 amide bonds. The molecular weight excluding hydrogens is 476 g/mol. The van der Waals surface area contributed by atoms with Crippen LogP contribution in [0.15, 0.2) is 0 Å². The van der Waals surface area contributed by atoms with Crippen LogP contribution < -0.4 is 0 Å². The third kappa shape index (κ3) is 45.1. The van der Waals surface area contributed by atoms with Gasteiger partial charge in [0.1, 0.15) is 0 Å². The highest BCUT2D eigenvalue weighted by molar-refractivity contribution is 4.51. The van der Waals surface area contributed by atoms with Gasteiger partial charge < -0.3 is 9.84 Å². The van der Waals surface area contributed by atoms with Gasteiger partial charge in [-0.2, -0.15) is 0 Å². The first-order chi connectivity index (χ1) is 19.3. The van der Waals surface area contributed by atoms with Crippen molar-refractivity contribution in [3.8, 4) is 0 Å². The third-order valence-electron chi connectivity index (χ3n) is 8.08. The molecule has 0 aromatic heterocycles. The first-order valence-corrected chi connectivity index (χ1v) is 18.5. The smallest absolute Gasteiger partial charge is 0.0697 e. The SMILES string of the molecule is CCCCCCCCCCCCCCCCCCCCCCC.CCCCCCCCCCCCOCCO. The maximum Gasteiger partial charge on any atom is 0.0697 e. The number of aliphatic hydroxyl groups excluding tert-OH is 1. The lowest BCUT2D eigenvalue weighted by Crippen LogP contribution is -2.00. The van der Waals surface area contributed by atoms with Crippen LogP contribution in [0.4, 0.5) is 0 Å². The molecular formula is C37H78O2. The fraction of sp³-hybridized carbons (Fsp3) is 1.00. The van der Waals surface area contributed by atoms with E-state index in [4.69, 9.17) is 9.84 Å². The molecule has 0 radical (unpaired) electrons. The summed E-state index contributed by atoms with van der Waals surface area (Å²) in [7, 11) is 0. The molecule has 0 heterocycles. The van der Waals surface area contributed by atoms with Gasteiger partial charge in [0, 0.05) is 6.61 Å². The first kappa shape index (κ1) is 41.1. The topological polar surface area (TPSA) is 29.5 Å². The Labute approximate surface area is 249 Å². The zero-order chi connectivity index (χ0) is 28.7. The highest BCUT2D eigenvalue weighted by Crippen LogP contribution is 2.15. The minimum absolute atomic E-state index is 0.151. The van der Waals surface area contributed by atoms with Crippen molar-refractivity contribution in [1.29, 1.82) is 0 Å². The maximum atomic E-state index is 8.50. The summed E-state index contributed by atoms with van der Waals surface area (Å²) in [5.74, 6) is 0. The molecule has 238 valence electrons. The molecule has 0 aliphatic carbocycles. The minimum atomic E-state index is 0.151. The van der Waals surface area contributed by atoms with Gasteiger partial charge in [-0.1, -0.05) is 213 Å². The van der Waals surface area contributed by atoms with Gasteiger partial charge in [-0.25, -0.2) is 0 Å². The molecule has 0 bridgehead atoms. The van der Waals surface area contributed by atoms with Gasteiger partial charge in [0.25, 0.3) is 0 Å². The normalized spacial score (nSPS) is 11.1. The molecule has 2 nitrogen and oxygen atoms in total. The summed E-state index contributed by atoms with van der Waals surface area (Å²) >= 11 is 0. The largest absolute Gasteiger partial charge is 0.394 e. The van der Waals surface area contributed by atoms with E-state index >= 15 is 0 Å². The van der Waals surface area contributed by atoms with Crippen LogP contribution in [0.25, 0.3) is 0 Å². The van der Waals surface area contributed by atoms with Crippen molar-refractivity contribution >= 4 is 0 Å². The van der Waals surface area contributed by atoms with Crippen LogP contribution >= 0.6 is 0 Å². The molecule has 0 unspecified atom stereocenters. The van der Waals surface area contributed by atoms with Gasteiger partial charge >= 0.3 is 0 Å². The van der Waals surface area contributed by atoms with Crippen LogP contribution in [0.5, 0.6) is 0 Å². The van der Waals surface area contributed by atoms with Crippen LogP contribution in [0, 0.1) is 0 Å². The lowest BCUT2D eigenvalue weighted by atomic mass is 10.0. The Morgan fingerprint density at radius 3 is 0.692 bits per heavy atom. The first-order valence-electron chi connectivity index (χ1n) is 18.5. The van der Waals surface area contributed by atoms with Gasteiger partial charge in [-0.15, -0.1) is 0 Å². The van der Waals surface area contributed by atoms with E-state index in [1.54, 1.807) is 0 Å². The zero-order valence-corrected chi connectivity index (χ0v) is 27.9. The summed E-state index contributed by atoms with van der Waals surface area (Å²) < 4.78 is 5.20. The van der Waals surface area contributed by atoms with Crippen molar-refractivity contribution < 1.29 is 9.84 Å². The van der Waals surface area contributed by atoms with E-state index in [0.29, 0.717) is 6.61 Å². The summed E-state index contributed by atoms with van der Waals surface area (Å²) in [5, 5.41) is 8.50. The molecule has 0 spiro atoms. The summed E-state index contributed by atoms with van der Waals surface area (Å²) in [6.07, 6.45) is 44.5. The highest BCUT2D eigenvalue weighted by Gasteiger charge is 1.95. The molecule has 0 rings (SSSR count). The van der Waals surface area contributed by atoms with E-state index in [1.165, 1.54) is 193 Å². The standard InChI is InChI=1S/C23H48.C14H30O2/c1-3-5-7-9-11-13-15-17-19-21-23-22-20-18-16-14-12-10-8-6-4-2;1-2-3-4-5-6-7-8-9-10-11-13-16-14-12-15/h3-23H2,1-2H3;15H,2-14H2,1H3. The van der Waals surface area contributed by atoms with Crippen LogP contribution in [0.3, 0.4) is 0 Å². The highest BCUT2D eigenvalue weighted by atomic mass is 16.5. The Morgan fingerprint density at radius 1 is 0.282 bits per heavy atom. The monoisotopic (exact) mass is 555 g/mol. The fourth-order valence-electron chi connectivity index (χ4n) is 5.36. The molecule has 0 aliphatic heterocycles. The number of ether oxygens (including phenoxy) is 1. The van der Waals surface area contributed by atoms with E-state index in [-0.39, 0.29) is 6.61 Å². The average Bonchev–Trinajstić information content (AvgIpc) is 2.95. The van der Waals surface area contributed by atoms with Crippen molar-refractivity contribution in [1.82, 2.24) is 0 Å². The number of aliphatic hydroxyl groups is 1. The molecule has 0 aromatic rings. The minimum Gasteiger partial charge on any atom is -0.394 e. The Kier molecular flexibility index (Phi) is 44.6.